The Balaban J connectivity index is 0.000000217. The van der Waals surface area contributed by atoms with E-state index in [1.807, 2.05) is 65.8 Å². The normalized spacial score (nSPS) is 15.7. The van der Waals surface area contributed by atoms with E-state index in [0.717, 1.165) is 22.3 Å². The van der Waals surface area contributed by atoms with Crippen molar-refractivity contribution in [2.24, 2.45) is 0 Å². The van der Waals surface area contributed by atoms with Gasteiger partial charge < -0.3 is 10.2 Å². The molecule has 0 bridgehead atoms. The van der Waals surface area contributed by atoms with Gasteiger partial charge in [-0.2, -0.15) is 0 Å². The van der Waals surface area contributed by atoms with Crippen LogP contribution in [0.2, 0.25) is 9.26 Å². The van der Waals surface area contributed by atoms with Crippen LogP contribution >= 0.6 is 0 Å². The first kappa shape index (κ1) is 41.1. The van der Waals surface area contributed by atoms with Gasteiger partial charge in [0.05, 0.1) is 0 Å². The first-order valence-electron chi connectivity index (χ1n) is 19.8. The predicted molar refractivity (Wildman–Crippen MR) is 241 cm³/mol. The molecule has 0 spiro atoms. The van der Waals surface area contributed by atoms with E-state index in [2.05, 4.69) is 139 Å². The zero-order valence-corrected chi connectivity index (χ0v) is 38.8. The fraction of sp³-hybridized carbons (Fsp3) is 0.231. The van der Waals surface area contributed by atoms with Crippen LogP contribution in [0.3, 0.4) is 0 Å². The molecular weight excluding hydrogens is 776 g/mol. The number of hydrogen-bond donors (Lipinski definition) is 2. The van der Waals surface area contributed by atoms with E-state index in [1.165, 1.54) is 44.5 Å². The third-order valence-corrected chi connectivity index (χ3v) is 29.8. The van der Waals surface area contributed by atoms with Crippen LogP contribution in [0.15, 0.2) is 132 Å². The van der Waals surface area contributed by atoms with Gasteiger partial charge in [-0.15, -0.1) is 0 Å². The molecule has 2 aliphatic rings. The Bertz CT molecular complexity index is 2340. The molecule has 2 N–H and O–H groups in total. The van der Waals surface area contributed by atoms with E-state index < -0.39 is 17.4 Å². The van der Waals surface area contributed by atoms with Gasteiger partial charge in [-0.25, -0.2) is 0 Å². The van der Waals surface area contributed by atoms with Crippen molar-refractivity contribution in [3.63, 3.8) is 0 Å². The van der Waals surface area contributed by atoms with E-state index in [0.29, 0.717) is 18.8 Å². The van der Waals surface area contributed by atoms with Crippen molar-refractivity contribution >= 4 is 19.0 Å². The SMILES string of the molecule is CC1=Cc2c(-c3ccccc3)cccc2[CH]1[Zr]([CH3])([CH3])(=[SiH2])[CH]1C(C)=Cc2c(-c3ccccc3)cccc21.Cc1cc(C)c(O)c(C)c1.Cc1cc(C)c(O)c(C)c1. The monoisotopic (exact) mass is 832 g/mol. The van der Waals surface area contributed by atoms with Gasteiger partial charge in [0.15, 0.2) is 0 Å². The minimum atomic E-state index is -3.48. The van der Waals surface area contributed by atoms with Crippen molar-refractivity contribution < 1.29 is 27.6 Å². The van der Waals surface area contributed by atoms with Crippen LogP contribution in [-0.4, -0.2) is 17.1 Å². The van der Waals surface area contributed by atoms with Crippen LogP contribution < -0.4 is 0 Å². The second-order valence-corrected chi connectivity index (χ2v) is 47.9. The minimum absolute atomic E-state index is 0.422. The van der Waals surface area contributed by atoms with E-state index in [-0.39, 0.29) is 0 Å². The maximum absolute atomic E-state index is 9.33. The Labute approximate surface area is 338 Å². The van der Waals surface area contributed by atoms with Gasteiger partial charge >= 0.3 is 220 Å². The van der Waals surface area contributed by atoms with Crippen molar-refractivity contribution in [2.75, 3.05) is 0 Å². The zero-order valence-electron chi connectivity index (χ0n) is 35.0. The number of allylic oxidation sites excluding steroid dienone is 2. The van der Waals surface area contributed by atoms with Crippen molar-refractivity contribution in [1.29, 1.82) is 0 Å². The van der Waals surface area contributed by atoms with Gasteiger partial charge in [0, 0.05) is 0 Å². The number of aromatic hydroxyl groups is 2. The van der Waals surface area contributed by atoms with Crippen molar-refractivity contribution in [1.82, 2.24) is 0 Å². The van der Waals surface area contributed by atoms with E-state index in [4.69, 9.17) is 0 Å². The fourth-order valence-electron chi connectivity index (χ4n) is 9.87. The molecule has 0 radical (unpaired) electrons. The van der Waals surface area contributed by atoms with Crippen molar-refractivity contribution in [3.8, 4) is 33.8 Å². The van der Waals surface area contributed by atoms with E-state index in [9.17, 15) is 10.2 Å². The van der Waals surface area contributed by atoms with Gasteiger partial charge in [0.2, 0.25) is 0 Å². The molecule has 2 atom stereocenters. The molecule has 0 fully saturated rings. The maximum atomic E-state index is 9.33. The summed E-state index contributed by atoms with van der Waals surface area (Å²) in [5.74, 6) is 0.844. The quantitative estimate of drug-likeness (QED) is 0.174. The molecular formula is C52H58O2SiZr. The molecule has 4 heteroatoms. The van der Waals surface area contributed by atoms with Crippen LogP contribution in [0.4, 0.5) is 0 Å². The van der Waals surface area contributed by atoms with Crippen LogP contribution in [0.1, 0.15) is 76.7 Å². The van der Waals surface area contributed by atoms with Gasteiger partial charge in [-0.05, 0) is 63.8 Å². The Morgan fingerprint density at radius 3 is 1.09 bits per heavy atom. The second-order valence-electron chi connectivity index (χ2n) is 17.4. The van der Waals surface area contributed by atoms with E-state index >= 15 is 0 Å². The largest absolute Gasteiger partial charge is 0.507 e. The average molecular weight is 834 g/mol. The van der Waals surface area contributed by atoms with Gasteiger partial charge in [0.25, 0.3) is 0 Å². The minimum Gasteiger partial charge on any atom is -0.507 e. The Morgan fingerprint density at radius 1 is 0.446 bits per heavy atom. The molecule has 0 aliphatic heterocycles. The van der Waals surface area contributed by atoms with Crippen LogP contribution in [0.5, 0.6) is 11.5 Å². The van der Waals surface area contributed by atoms with Gasteiger partial charge in [-0.3, -0.25) is 0 Å². The molecule has 0 aromatic heterocycles. The molecule has 0 saturated heterocycles. The third-order valence-electron chi connectivity index (χ3n) is 11.9. The average Bonchev–Trinajstić information content (AvgIpc) is 3.70. The first-order chi connectivity index (χ1) is 26.5. The molecule has 2 nitrogen and oxygen atoms in total. The Hall–Kier alpha value is -4.50. The van der Waals surface area contributed by atoms with Crippen molar-refractivity contribution in [3.05, 3.63) is 188 Å². The third kappa shape index (κ3) is 8.15. The molecule has 2 aliphatic carbocycles. The second kappa shape index (κ2) is 16.2. The van der Waals surface area contributed by atoms with Crippen LogP contribution in [0, 0.1) is 41.5 Å². The number of aryl methyl sites for hydroxylation is 6. The van der Waals surface area contributed by atoms with E-state index in [1.54, 1.807) is 22.3 Å². The smallest absolute Gasteiger partial charge is 0.121 e. The van der Waals surface area contributed by atoms with Crippen LogP contribution in [0.25, 0.3) is 34.4 Å². The Kier molecular flexibility index (Phi) is 11.9. The predicted octanol–water partition coefficient (Wildman–Crippen LogP) is 13.6. The van der Waals surface area contributed by atoms with Crippen LogP contribution in [-0.2, 0) is 17.4 Å². The Morgan fingerprint density at radius 2 is 0.768 bits per heavy atom. The van der Waals surface area contributed by atoms with Crippen molar-refractivity contribution in [2.45, 2.75) is 71.9 Å². The summed E-state index contributed by atoms with van der Waals surface area (Å²) < 4.78 is 6.53. The first-order valence-corrected chi connectivity index (χ1v) is 33.5. The molecule has 286 valence electrons. The summed E-state index contributed by atoms with van der Waals surface area (Å²) in [7, 11) is 0. The molecule has 0 amide bonds. The molecule has 6 aromatic rings. The number of fused-ring (bicyclic) bond motifs is 2. The summed E-state index contributed by atoms with van der Waals surface area (Å²) >= 11 is -3.48. The van der Waals surface area contributed by atoms with Gasteiger partial charge in [0.1, 0.15) is 11.5 Å². The molecule has 6 aromatic carbocycles. The number of phenols is 2. The number of rotatable bonds is 4. The maximum Gasteiger partial charge on any atom is 0.121 e. The molecule has 56 heavy (non-hydrogen) atoms. The summed E-state index contributed by atoms with van der Waals surface area (Å²) in [6, 6.07) is 43.7. The zero-order chi connectivity index (χ0) is 40.6. The van der Waals surface area contributed by atoms with Gasteiger partial charge in [-0.1, -0.05) is 35.4 Å². The standard InChI is InChI=1S/2C16H13.2C9H12O.2CH3.H2Si.Zr/c2*1-12-10-14-8-5-9-15(16(14)11-12)13-6-3-2-4-7-13;2*1-6-4-7(2)9(10)8(3)5-6;;;;/h2*2-11H,1H3;2*4-5,10H,1-3H3;2*1H3;1H2;. The summed E-state index contributed by atoms with van der Waals surface area (Å²) in [5.41, 5.74) is 20.7. The summed E-state index contributed by atoms with van der Waals surface area (Å²) in [5, 5.41) is 18.7. The molecule has 0 heterocycles. The molecule has 8 rings (SSSR count). The number of benzene rings is 6. The number of phenolic OH excluding ortho intramolecular Hbond substituents is 2. The molecule has 2 unspecified atom stereocenters. The topological polar surface area (TPSA) is 40.5 Å². The summed E-state index contributed by atoms with van der Waals surface area (Å²) in [4.78, 5) is 0. The summed E-state index contributed by atoms with van der Waals surface area (Å²) in [6.45, 7) is 18.9. The summed E-state index contributed by atoms with van der Waals surface area (Å²) in [6.07, 6.45) is 5.01. The molecule has 0 saturated carbocycles. The fourth-order valence-corrected chi connectivity index (χ4v) is 31.1. The number of hydrogen-bond acceptors (Lipinski definition) is 2.